The Kier molecular flexibility index (Phi) is 6.29. The Labute approximate surface area is 198 Å². The number of amides is 1. The summed E-state index contributed by atoms with van der Waals surface area (Å²) in [5, 5.41) is 14.4. The van der Waals surface area contributed by atoms with Crippen LogP contribution in [0.3, 0.4) is 0 Å². The summed E-state index contributed by atoms with van der Waals surface area (Å²) in [6.45, 7) is 1.79. The van der Waals surface area contributed by atoms with Gasteiger partial charge in [-0.25, -0.2) is 5.48 Å². The lowest BCUT2D eigenvalue weighted by atomic mass is 10.0. The fourth-order valence-electron chi connectivity index (χ4n) is 5.04. The number of hydrogen-bond acceptors (Lipinski definition) is 4. The Morgan fingerprint density at radius 3 is 3.03 bits per heavy atom. The molecule has 0 spiro atoms. The Bertz CT molecular complexity index is 1340. The van der Waals surface area contributed by atoms with Crippen LogP contribution in [0.4, 0.5) is 0 Å². The Morgan fingerprint density at radius 1 is 1.32 bits per heavy atom. The van der Waals surface area contributed by atoms with Gasteiger partial charge in [0.05, 0.1) is 6.20 Å². The van der Waals surface area contributed by atoms with Gasteiger partial charge in [-0.2, -0.15) is 5.10 Å². The number of fused-ring (bicyclic) bond motifs is 2. The van der Waals surface area contributed by atoms with Crippen LogP contribution in [0, 0.1) is 0 Å². The van der Waals surface area contributed by atoms with E-state index in [1.807, 2.05) is 24.0 Å². The molecule has 0 saturated heterocycles. The van der Waals surface area contributed by atoms with Gasteiger partial charge in [0.25, 0.3) is 5.91 Å². The minimum absolute atomic E-state index is 0.333. The maximum atomic E-state index is 11.3. The van der Waals surface area contributed by atoms with Gasteiger partial charge in [-0.05, 0) is 53.7 Å². The van der Waals surface area contributed by atoms with Crippen molar-refractivity contribution in [2.75, 3.05) is 6.54 Å². The van der Waals surface area contributed by atoms with Gasteiger partial charge >= 0.3 is 0 Å². The molecule has 4 aromatic rings. The number of hydroxylamine groups is 1. The second-order valence-electron chi connectivity index (χ2n) is 8.92. The van der Waals surface area contributed by atoms with Gasteiger partial charge in [-0.1, -0.05) is 36.4 Å². The Morgan fingerprint density at radius 2 is 2.21 bits per heavy atom. The molecule has 2 heterocycles. The maximum absolute atomic E-state index is 11.3. The lowest BCUT2D eigenvalue weighted by Crippen LogP contribution is -2.29. The standard InChI is InChI=1S/C27H29N5O2/c1-31-17-20(15-29-31)18-32(13-12-22-16-28-25-5-3-2-4-23(22)25)26-10-8-21-14-19(6-9-24(21)26)7-11-27(33)30-34/h2-7,9,11,14-17,26,28,34H,8,10,12-13,18H2,1H3,(H,30,33). The first-order chi connectivity index (χ1) is 16.6. The highest BCUT2D eigenvalue weighted by molar-refractivity contribution is 5.90. The fraction of sp³-hybridized carbons (Fsp3) is 0.259. The van der Waals surface area contributed by atoms with E-state index in [1.165, 1.54) is 39.2 Å². The molecule has 0 saturated carbocycles. The van der Waals surface area contributed by atoms with Crippen molar-refractivity contribution >= 4 is 22.9 Å². The average molecular weight is 456 g/mol. The Hall–Kier alpha value is -3.68. The zero-order chi connectivity index (χ0) is 23.5. The number of benzene rings is 2. The van der Waals surface area contributed by atoms with E-state index in [2.05, 4.69) is 63.8 Å². The third-order valence-electron chi connectivity index (χ3n) is 6.68. The van der Waals surface area contributed by atoms with E-state index >= 15 is 0 Å². The van der Waals surface area contributed by atoms with Crippen LogP contribution in [0.5, 0.6) is 0 Å². The summed E-state index contributed by atoms with van der Waals surface area (Å²) in [4.78, 5) is 17.3. The zero-order valence-corrected chi connectivity index (χ0v) is 19.2. The highest BCUT2D eigenvalue weighted by atomic mass is 16.5. The quantitative estimate of drug-likeness (QED) is 0.212. The lowest BCUT2D eigenvalue weighted by Gasteiger charge is -2.29. The number of para-hydroxylation sites is 1. The van der Waals surface area contributed by atoms with Crippen molar-refractivity contribution in [2.45, 2.75) is 31.8 Å². The van der Waals surface area contributed by atoms with Crippen molar-refractivity contribution in [1.29, 1.82) is 0 Å². The smallest absolute Gasteiger partial charge is 0.267 e. The summed E-state index contributed by atoms with van der Waals surface area (Å²) in [5.74, 6) is -0.529. The molecule has 2 aromatic carbocycles. The normalized spacial score (nSPS) is 15.4. The number of nitrogens with one attached hydrogen (secondary N) is 2. The lowest BCUT2D eigenvalue weighted by molar-refractivity contribution is -0.124. The molecule has 1 aliphatic rings. The third-order valence-corrected chi connectivity index (χ3v) is 6.68. The summed E-state index contributed by atoms with van der Waals surface area (Å²) < 4.78 is 1.86. The van der Waals surface area contributed by atoms with Gasteiger partial charge in [-0.15, -0.1) is 0 Å². The van der Waals surface area contributed by atoms with Crippen LogP contribution in [-0.4, -0.2) is 37.3 Å². The number of hydrogen-bond donors (Lipinski definition) is 3. The highest BCUT2D eigenvalue weighted by Gasteiger charge is 2.28. The van der Waals surface area contributed by atoms with Crippen molar-refractivity contribution in [3.05, 3.63) is 94.9 Å². The van der Waals surface area contributed by atoms with Crippen LogP contribution in [0.2, 0.25) is 0 Å². The molecule has 1 aliphatic carbocycles. The first kappa shape index (κ1) is 22.1. The molecule has 5 rings (SSSR count). The number of H-pyrrole nitrogens is 1. The van der Waals surface area contributed by atoms with Gasteiger partial charge in [0.2, 0.25) is 0 Å². The molecule has 0 bridgehead atoms. The number of aromatic nitrogens is 3. The van der Waals surface area contributed by atoms with Gasteiger partial charge in [0.15, 0.2) is 0 Å². The molecule has 0 radical (unpaired) electrons. The molecular weight excluding hydrogens is 426 g/mol. The van der Waals surface area contributed by atoms with E-state index in [0.717, 1.165) is 37.9 Å². The van der Waals surface area contributed by atoms with E-state index in [4.69, 9.17) is 5.21 Å². The monoisotopic (exact) mass is 455 g/mol. The average Bonchev–Trinajstić information content (AvgIpc) is 3.58. The van der Waals surface area contributed by atoms with Crippen LogP contribution in [0.25, 0.3) is 17.0 Å². The van der Waals surface area contributed by atoms with Crippen LogP contribution in [-0.2, 0) is 31.2 Å². The minimum Gasteiger partial charge on any atom is -0.361 e. The highest BCUT2D eigenvalue weighted by Crippen LogP contribution is 2.37. The molecule has 7 nitrogen and oxygen atoms in total. The minimum atomic E-state index is -0.529. The summed E-state index contributed by atoms with van der Waals surface area (Å²) in [7, 11) is 1.96. The van der Waals surface area contributed by atoms with Crippen molar-refractivity contribution < 1.29 is 10.0 Å². The van der Waals surface area contributed by atoms with Crippen LogP contribution in [0.1, 0.15) is 40.3 Å². The molecular formula is C27H29N5O2. The number of rotatable bonds is 8. The molecule has 1 amide bonds. The second kappa shape index (κ2) is 9.67. The molecule has 0 fully saturated rings. The third kappa shape index (κ3) is 4.66. The number of carbonyl (C=O) groups excluding carboxylic acids is 1. The van der Waals surface area contributed by atoms with Crippen molar-refractivity contribution in [2.24, 2.45) is 7.05 Å². The first-order valence-corrected chi connectivity index (χ1v) is 11.6. The van der Waals surface area contributed by atoms with Crippen LogP contribution >= 0.6 is 0 Å². The molecule has 7 heteroatoms. The molecule has 1 unspecified atom stereocenters. The summed E-state index contributed by atoms with van der Waals surface area (Å²) >= 11 is 0. The number of nitrogens with zero attached hydrogens (tertiary/aromatic N) is 3. The predicted octanol–water partition coefficient (Wildman–Crippen LogP) is 4.15. The maximum Gasteiger partial charge on any atom is 0.267 e. The molecule has 1 atom stereocenters. The van der Waals surface area contributed by atoms with Crippen LogP contribution in [0.15, 0.2) is 67.1 Å². The van der Waals surface area contributed by atoms with Gasteiger partial charge in [-0.3, -0.25) is 19.6 Å². The van der Waals surface area contributed by atoms with E-state index in [9.17, 15) is 4.79 Å². The number of aromatic amines is 1. The summed E-state index contributed by atoms with van der Waals surface area (Å²) in [6.07, 6.45) is 12.3. The predicted molar refractivity (Wildman–Crippen MR) is 132 cm³/mol. The van der Waals surface area contributed by atoms with E-state index in [-0.39, 0.29) is 0 Å². The molecule has 3 N–H and O–H groups in total. The first-order valence-electron chi connectivity index (χ1n) is 11.6. The van der Waals surface area contributed by atoms with Gasteiger partial charge in [0, 0.05) is 61.1 Å². The van der Waals surface area contributed by atoms with E-state index in [0.29, 0.717) is 6.04 Å². The SMILES string of the molecule is Cn1cc(CN(CCc2c[nH]c3ccccc23)C2CCc3cc(C=CC(=O)NO)ccc32)cn1. The molecule has 174 valence electrons. The topological polar surface area (TPSA) is 86.2 Å². The summed E-state index contributed by atoms with van der Waals surface area (Å²) in [5.41, 5.74) is 8.99. The number of aryl methyl sites for hydroxylation is 2. The van der Waals surface area contributed by atoms with E-state index < -0.39 is 5.91 Å². The van der Waals surface area contributed by atoms with E-state index in [1.54, 1.807) is 11.6 Å². The Balaban J connectivity index is 1.38. The van der Waals surface area contributed by atoms with Crippen LogP contribution < -0.4 is 5.48 Å². The molecule has 34 heavy (non-hydrogen) atoms. The van der Waals surface area contributed by atoms with Crippen molar-refractivity contribution in [1.82, 2.24) is 25.1 Å². The summed E-state index contributed by atoms with van der Waals surface area (Å²) in [6, 6.07) is 15.2. The number of carbonyl (C=O) groups is 1. The second-order valence-corrected chi connectivity index (χ2v) is 8.92. The molecule has 0 aliphatic heterocycles. The fourth-order valence-corrected chi connectivity index (χ4v) is 5.04. The zero-order valence-electron chi connectivity index (χ0n) is 19.2. The molecule has 2 aromatic heterocycles. The van der Waals surface area contributed by atoms with Crippen molar-refractivity contribution in [3.8, 4) is 0 Å². The largest absolute Gasteiger partial charge is 0.361 e. The van der Waals surface area contributed by atoms with Crippen molar-refractivity contribution in [3.63, 3.8) is 0 Å². The van der Waals surface area contributed by atoms with Gasteiger partial charge < -0.3 is 4.98 Å². The van der Waals surface area contributed by atoms with Gasteiger partial charge in [0.1, 0.15) is 0 Å².